The molecule has 0 unspecified atom stereocenters. The molecule has 0 atom stereocenters. The molecule has 4 nitrogen and oxygen atoms in total. The average Bonchev–Trinajstić information content (AvgIpc) is 3.27. The van der Waals surface area contributed by atoms with Crippen LogP contribution in [0.15, 0.2) is 60.1 Å². The molecule has 194 valence electrons. The monoisotopic (exact) mass is 680 g/mol. The summed E-state index contributed by atoms with van der Waals surface area (Å²) in [5.41, 5.74) is 2.08. The van der Waals surface area contributed by atoms with Gasteiger partial charge in [-0.05, 0) is 50.2 Å². The molecular weight excluding hydrogens is 641 g/mol. The van der Waals surface area contributed by atoms with Gasteiger partial charge in [-0.1, -0.05) is 63.4 Å². The van der Waals surface area contributed by atoms with Gasteiger partial charge in [0.25, 0.3) is 0 Å². The van der Waals surface area contributed by atoms with Gasteiger partial charge in [0.1, 0.15) is 0 Å². The summed E-state index contributed by atoms with van der Waals surface area (Å²) >= 11 is 1.75. The molecule has 2 aromatic heterocycles. The van der Waals surface area contributed by atoms with Crippen molar-refractivity contribution in [2.75, 3.05) is 0 Å². The quantitative estimate of drug-likeness (QED) is 0.175. The first-order valence-electron chi connectivity index (χ1n) is 12.6. The summed E-state index contributed by atoms with van der Waals surface area (Å²) in [6.45, 7) is 17.3. The number of hydrogen-bond acceptors (Lipinski definition) is 3. The maximum Gasteiger partial charge on any atom is 3.00 e. The van der Waals surface area contributed by atoms with Gasteiger partial charge >= 0.3 is 20.1 Å². The van der Waals surface area contributed by atoms with E-state index in [1.165, 1.54) is 20.9 Å². The van der Waals surface area contributed by atoms with Gasteiger partial charge in [-0.15, -0.1) is 52.6 Å². The van der Waals surface area contributed by atoms with Crippen LogP contribution in [0, 0.1) is 6.07 Å². The predicted molar refractivity (Wildman–Crippen MR) is 154 cm³/mol. The largest absolute Gasteiger partial charge is 3.00 e. The molecule has 0 bridgehead atoms. The van der Waals surface area contributed by atoms with E-state index in [0.717, 1.165) is 11.3 Å². The zero-order valence-electron chi connectivity index (χ0n) is 22.7. The Morgan fingerprint density at radius 2 is 1.44 bits per heavy atom. The van der Waals surface area contributed by atoms with Crippen LogP contribution >= 0.6 is 11.3 Å². The average molecular weight is 680 g/mol. The first-order chi connectivity index (χ1) is 16.7. The summed E-state index contributed by atoms with van der Waals surface area (Å²) in [6.07, 6.45) is 1.87. The molecule has 0 fully saturated rings. The van der Waals surface area contributed by atoms with E-state index in [0.29, 0.717) is 24.2 Å². The topological polar surface area (TPSA) is 44.3 Å². The Labute approximate surface area is 235 Å². The number of nitrogens with zero attached hydrogens (tertiary/aromatic N) is 4. The maximum atomic E-state index is 4.72. The van der Waals surface area contributed by atoms with E-state index >= 15 is 0 Å². The van der Waals surface area contributed by atoms with Crippen LogP contribution < -0.4 is 0 Å². The molecule has 0 aliphatic heterocycles. The van der Waals surface area contributed by atoms with Crippen molar-refractivity contribution in [1.29, 1.82) is 0 Å². The van der Waals surface area contributed by atoms with Crippen LogP contribution in [0.1, 0.15) is 55.4 Å². The fourth-order valence-electron chi connectivity index (χ4n) is 4.23. The smallest absolute Gasteiger partial charge is 0.663 e. The number of pyridine rings is 1. The molecule has 4 aromatic rings. The fraction of sp³-hybridized carbons (Fsp3) is 0.433. The number of benzene rings is 2. The zero-order valence-corrected chi connectivity index (χ0v) is 25.9. The minimum atomic E-state index is -0.000000000000000444. The summed E-state index contributed by atoms with van der Waals surface area (Å²) in [5.74, 6) is 0. The van der Waals surface area contributed by atoms with Gasteiger partial charge in [0.2, 0.25) is 0 Å². The van der Waals surface area contributed by atoms with E-state index in [4.69, 9.17) is 10.6 Å². The number of fused-ring (bicyclic) bond motifs is 2. The molecule has 0 amide bonds. The summed E-state index contributed by atoms with van der Waals surface area (Å²) < 4.78 is 1.27. The minimum Gasteiger partial charge on any atom is -0.663 e. The van der Waals surface area contributed by atoms with Crippen LogP contribution in [0.3, 0.4) is 0 Å². The molecule has 36 heavy (non-hydrogen) atoms. The Hall–Kier alpha value is -1.66. The molecule has 6 heteroatoms. The number of aromatic nitrogens is 1. The summed E-state index contributed by atoms with van der Waals surface area (Å²) in [7, 11) is 0. The Kier molecular flexibility index (Phi) is 12.2. The Balaban J connectivity index is 0.000000252. The SMILES string of the molecule is CC(C)[N-]C([N-]C(C)C)N(C(C)C)C(C)C.[Ir+3].[c-]1cc2ccccc2cc1-c1nccc2sccc12. The second-order valence-corrected chi connectivity index (χ2v) is 10.9. The van der Waals surface area contributed by atoms with Crippen molar-refractivity contribution in [3.63, 3.8) is 0 Å². The van der Waals surface area contributed by atoms with Gasteiger partial charge in [-0.2, -0.15) is 6.29 Å². The molecule has 0 saturated carbocycles. The van der Waals surface area contributed by atoms with Gasteiger partial charge in [-0.25, -0.2) is 0 Å². The second kappa shape index (κ2) is 14.3. The molecule has 0 N–H and O–H groups in total. The van der Waals surface area contributed by atoms with Crippen molar-refractivity contribution < 1.29 is 20.1 Å². The van der Waals surface area contributed by atoms with Crippen LogP contribution in [-0.2, 0) is 20.1 Å². The van der Waals surface area contributed by atoms with Crippen LogP contribution in [0.2, 0.25) is 0 Å². The molecular formula is C30H39IrN4S. The van der Waals surface area contributed by atoms with Gasteiger partial charge in [0, 0.05) is 23.0 Å². The molecule has 0 saturated heterocycles. The first-order valence-corrected chi connectivity index (χ1v) is 13.5. The molecule has 0 radical (unpaired) electrons. The van der Waals surface area contributed by atoms with E-state index in [1.807, 2.05) is 18.3 Å². The summed E-state index contributed by atoms with van der Waals surface area (Å²) in [4.78, 5) is 6.89. The molecule has 2 heterocycles. The zero-order chi connectivity index (χ0) is 25.5. The maximum absolute atomic E-state index is 4.72. The van der Waals surface area contributed by atoms with Gasteiger partial charge < -0.3 is 20.5 Å². The number of rotatable bonds is 8. The third kappa shape index (κ3) is 8.17. The summed E-state index contributed by atoms with van der Waals surface area (Å²) in [5, 5.41) is 15.2. The van der Waals surface area contributed by atoms with Crippen LogP contribution in [-0.4, -0.2) is 40.3 Å². The first kappa shape index (κ1) is 30.6. The predicted octanol–water partition coefficient (Wildman–Crippen LogP) is 8.87. The molecule has 0 aliphatic rings. The van der Waals surface area contributed by atoms with Crippen molar-refractivity contribution in [2.45, 2.75) is 85.8 Å². The van der Waals surface area contributed by atoms with Crippen molar-refractivity contribution in [2.24, 2.45) is 0 Å². The van der Waals surface area contributed by atoms with Crippen LogP contribution in [0.25, 0.3) is 42.7 Å². The standard InChI is InChI=1S/C17H10NS.C13H29N3.Ir/c1-2-4-13-11-14(6-5-12(13)3-1)17-15-8-10-19-16(15)7-9-18-17;1-9(2)14-13(15-10(3)4)16(11(5)6)12(7)8;/h1-5,7-11H;9-13H,1-8H3;/q-1;-2;+3. The molecule has 2 aromatic carbocycles. The van der Waals surface area contributed by atoms with E-state index in [-0.39, 0.29) is 26.4 Å². The van der Waals surface area contributed by atoms with Crippen molar-refractivity contribution >= 4 is 32.2 Å². The van der Waals surface area contributed by atoms with Crippen LogP contribution in [0.5, 0.6) is 0 Å². The van der Waals surface area contributed by atoms with Crippen molar-refractivity contribution in [1.82, 2.24) is 9.88 Å². The molecule has 0 spiro atoms. The van der Waals surface area contributed by atoms with E-state index < -0.39 is 0 Å². The summed E-state index contributed by atoms with van der Waals surface area (Å²) in [6, 6.07) is 21.7. The van der Waals surface area contributed by atoms with E-state index in [9.17, 15) is 0 Å². The Morgan fingerprint density at radius 3 is 2.03 bits per heavy atom. The second-order valence-electron chi connectivity index (χ2n) is 9.93. The Bertz CT molecular complexity index is 1180. The Morgan fingerprint density at radius 1 is 0.833 bits per heavy atom. The third-order valence-corrected chi connectivity index (χ3v) is 6.52. The number of hydrogen-bond donors (Lipinski definition) is 0. The van der Waals surface area contributed by atoms with Gasteiger partial charge in [-0.3, -0.25) is 0 Å². The van der Waals surface area contributed by atoms with Crippen molar-refractivity contribution in [3.05, 3.63) is 76.8 Å². The number of thiophene rings is 1. The van der Waals surface area contributed by atoms with Gasteiger partial charge in [0.05, 0.1) is 0 Å². The van der Waals surface area contributed by atoms with Crippen molar-refractivity contribution in [3.8, 4) is 11.3 Å². The fourth-order valence-corrected chi connectivity index (χ4v) is 5.01. The van der Waals surface area contributed by atoms with E-state index in [1.54, 1.807) is 11.3 Å². The normalized spacial score (nSPS) is 11.7. The van der Waals surface area contributed by atoms with E-state index in [2.05, 4.69) is 113 Å². The van der Waals surface area contributed by atoms with Gasteiger partial charge in [0.15, 0.2) is 0 Å². The molecule has 0 aliphatic carbocycles. The minimum absolute atomic E-state index is 0. The third-order valence-electron chi connectivity index (χ3n) is 5.64. The molecule has 4 rings (SSSR count). The van der Waals surface area contributed by atoms with Crippen LogP contribution in [0.4, 0.5) is 0 Å².